The van der Waals surface area contributed by atoms with Crippen LogP contribution in [0, 0.1) is 0 Å². The van der Waals surface area contributed by atoms with Crippen molar-refractivity contribution in [3.63, 3.8) is 0 Å². The summed E-state index contributed by atoms with van der Waals surface area (Å²) in [6.45, 7) is 3.95. The van der Waals surface area contributed by atoms with Gasteiger partial charge in [-0.3, -0.25) is 9.59 Å². The molecule has 0 heterocycles. The number of hydrogen-bond acceptors (Lipinski definition) is 3. The predicted molar refractivity (Wildman–Crippen MR) is 44.6 cm³/mol. The lowest BCUT2D eigenvalue weighted by molar-refractivity contribution is -0.141. The summed E-state index contributed by atoms with van der Waals surface area (Å²) in [6.07, 6.45) is 1.63. The fourth-order valence-electron chi connectivity index (χ4n) is 0.707. The zero-order chi connectivity index (χ0) is 9.40. The number of esters is 1. The minimum atomic E-state index is -0.255. The molecule has 0 unspecified atom stereocenters. The zero-order valence-electron chi connectivity index (χ0n) is 7.55. The van der Waals surface area contributed by atoms with Crippen LogP contribution in [-0.4, -0.2) is 25.0 Å². The van der Waals surface area contributed by atoms with E-state index in [2.05, 4.69) is 5.32 Å². The Morgan fingerprint density at radius 1 is 1.25 bits per heavy atom. The number of carbonyl (C=O) groups is 2. The predicted octanol–water partition coefficient (Wildman–Crippen LogP) is 0.466. The first-order valence-corrected chi connectivity index (χ1v) is 4.00. The van der Waals surface area contributed by atoms with Crippen molar-refractivity contribution in [3.05, 3.63) is 0 Å². The van der Waals surface area contributed by atoms with E-state index in [4.69, 9.17) is 4.74 Å². The molecular weight excluding hydrogens is 158 g/mol. The molecule has 0 fully saturated rings. The Hall–Kier alpha value is -1.06. The minimum absolute atomic E-state index is 0.0255. The van der Waals surface area contributed by atoms with Crippen LogP contribution in [0.25, 0.3) is 0 Å². The van der Waals surface area contributed by atoms with E-state index >= 15 is 0 Å². The van der Waals surface area contributed by atoms with Crippen molar-refractivity contribution in [2.75, 3.05) is 13.2 Å². The number of carbonyl (C=O) groups excluding carboxylic acids is 2. The van der Waals surface area contributed by atoms with Gasteiger partial charge in [-0.2, -0.15) is 0 Å². The molecule has 0 aliphatic carbocycles. The average Bonchev–Trinajstić information content (AvgIpc) is 1.95. The van der Waals surface area contributed by atoms with Gasteiger partial charge in [0.2, 0.25) is 5.91 Å². The van der Waals surface area contributed by atoms with Crippen LogP contribution in [0.15, 0.2) is 0 Å². The van der Waals surface area contributed by atoms with E-state index in [9.17, 15) is 9.59 Å². The third-order valence-corrected chi connectivity index (χ3v) is 1.25. The summed E-state index contributed by atoms with van der Waals surface area (Å²) in [5.74, 6) is -0.281. The van der Waals surface area contributed by atoms with Crippen molar-refractivity contribution < 1.29 is 14.3 Å². The molecule has 0 rings (SSSR count). The number of rotatable bonds is 5. The highest BCUT2D eigenvalue weighted by molar-refractivity contribution is 5.72. The van der Waals surface area contributed by atoms with Crippen LogP contribution >= 0.6 is 0 Å². The van der Waals surface area contributed by atoms with Crippen molar-refractivity contribution in [2.24, 2.45) is 0 Å². The van der Waals surface area contributed by atoms with Gasteiger partial charge < -0.3 is 10.1 Å². The van der Waals surface area contributed by atoms with Crippen LogP contribution in [0.5, 0.6) is 0 Å². The van der Waals surface area contributed by atoms with Gasteiger partial charge in [0, 0.05) is 20.4 Å². The van der Waals surface area contributed by atoms with E-state index in [0.717, 1.165) is 12.8 Å². The summed E-state index contributed by atoms with van der Waals surface area (Å²) in [6, 6.07) is 0. The normalized spacial score (nSPS) is 9.17. The van der Waals surface area contributed by atoms with E-state index in [1.807, 2.05) is 0 Å². The van der Waals surface area contributed by atoms with Gasteiger partial charge in [-0.25, -0.2) is 0 Å². The Morgan fingerprint density at radius 2 is 1.92 bits per heavy atom. The molecule has 0 aliphatic rings. The Balaban J connectivity index is 3.01. The molecule has 0 saturated heterocycles. The maximum absolute atomic E-state index is 10.4. The zero-order valence-corrected chi connectivity index (χ0v) is 7.55. The van der Waals surface area contributed by atoms with E-state index < -0.39 is 0 Å². The van der Waals surface area contributed by atoms with Gasteiger partial charge in [0.05, 0.1) is 6.61 Å². The summed E-state index contributed by atoms with van der Waals surface area (Å²) in [7, 11) is 0. The molecular formula is C8H15NO3. The molecule has 0 aliphatic heterocycles. The van der Waals surface area contributed by atoms with E-state index in [1.54, 1.807) is 0 Å². The molecule has 0 bridgehead atoms. The summed E-state index contributed by atoms with van der Waals surface area (Å²) in [4.78, 5) is 20.7. The topological polar surface area (TPSA) is 55.4 Å². The van der Waals surface area contributed by atoms with Crippen molar-refractivity contribution >= 4 is 11.9 Å². The molecule has 1 amide bonds. The molecule has 4 nitrogen and oxygen atoms in total. The fraction of sp³-hybridized carbons (Fsp3) is 0.750. The largest absolute Gasteiger partial charge is 0.466 e. The van der Waals surface area contributed by atoms with Crippen LogP contribution in [-0.2, 0) is 14.3 Å². The Kier molecular flexibility index (Phi) is 6.05. The van der Waals surface area contributed by atoms with Crippen molar-refractivity contribution in [1.82, 2.24) is 5.32 Å². The molecule has 0 saturated carbocycles. The van der Waals surface area contributed by atoms with Gasteiger partial charge in [-0.1, -0.05) is 0 Å². The van der Waals surface area contributed by atoms with E-state index in [1.165, 1.54) is 13.8 Å². The third kappa shape index (κ3) is 8.94. The second-order valence-electron chi connectivity index (χ2n) is 2.53. The van der Waals surface area contributed by atoms with Gasteiger partial charge >= 0.3 is 5.97 Å². The van der Waals surface area contributed by atoms with Gasteiger partial charge in [0.25, 0.3) is 0 Å². The van der Waals surface area contributed by atoms with Crippen LogP contribution in [0.4, 0.5) is 0 Å². The number of hydrogen-bond donors (Lipinski definition) is 1. The maximum atomic E-state index is 10.4. The van der Waals surface area contributed by atoms with Crippen LogP contribution in [0.2, 0.25) is 0 Å². The Morgan fingerprint density at radius 3 is 2.42 bits per heavy atom. The van der Waals surface area contributed by atoms with Gasteiger partial charge in [0.1, 0.15) is 0 Å². The fourth-order valence-corrected chi connectivity index (χ4v) is 0.707. The first-order chi connectivity index (χ1) is 5.63. The first kappa shape index (κ1) is 10.9. The van der Waals surface area contributed by atoms with Crippen molar-refractivity contribution in [2.45, 2.75) is 26.7 Å². The van der Waals surface area contributed by atoms with Gasteiger partial charge in [0.15, 0.2) is 0 Å². The smallest absolute Gasteiger partial charge is 0.302 e. The highest BCUT2D eigenvalue weighted by Crippen LogP contribution is 1.88. The quantitative estimate of drug-likeness (QED) is 0.485. The first-order valence-electron chi connectivity index (χ1n) is 4.00. The lowest BCUT2D eigenvalue weighted by atomic mass is 10.3. The highest BCUT2D eigenvalue weighted by Gasteiger charge is 1.93. The molecule has 0 aromatic heterocycles. The number of amides is 1. The second kappa shape index (κ2) is 6.64. The summed E-state index contributed by atoms with van der Waals surface area (Å²) < 4.78 is 4.70. The van der Waals surface area contributed by atoms with Crippen molar-refractivity contribution in [1.29, 1.82) is 0 Å². The van der Waals surface area contributed by atoms with E-state index in [-0.39, 0.29) is 11.9 Å². The maximum Gasteiger partial charge on any atom is 0.302 e. The summed E-state index contributed by atoms with van der Waals surface area (Å²) in [5, 5.41) is 2.65. The summed E-state index contributed by atoms with van der Waals surface area (Å²) in [5.41, 5.74) is 0. The van der Waals surface area contributed by atoms with E-state index in [0.29, 0.717) is 13.2 Å². The lowest BCUT2D eigenvalue weighted by Crippen LogP contribution is -2.21. The third-order valence-electron chi connectivity index (χ3n) is 1.25. The number of unbranched alkanes of at least 4 members (excludes halogenated alkanes) is 1. The minimum Gasteiger partial charge on any atom is -0.466 e. The SMILES string of the molecule is CC(=O)NCCCCOC(C)=O. The lowest BCUT2D eigenvalue weighted by Gasteiger charge is -2.02. The molecule has 0 aromatic rings. The molecule has 0 atom stereocenters. The second-order valence-corrected chi connectivity index (χ2v) is 2.53. The molecule has 70 valence electrons. The highest BCUT2D eigenvalue weighted by atomic mass is 16.5. The van der Waals surface area contributed by atoms with Crippen LogP contribution < -0.4 is 5.32 Å². The van der Waals surface area contributed by atoms with Crippen LogP contribution in [0.3, 0.4) is 0 Å². The molecule has 0 spiro atoms. The van der Waals surface area contributed by atoms with Gasteiger partial charge in [-0.15, -0.1) is 0 Å². The molecule has 0 radical (unpaired) electrons. The Bertz CT molecular complexity index is 138. The number of nitrogens with one attached hydrogen (secondary N) is 1. The molecule has 4 heteroatoms. The molecule has 1 N–H and O–H groups in total. The Labute approximate surface area is 72.3 Å². The average molecular weight is 173 g/mol. The molecule has 12 heavy (non-hydrogen) atoms. The van der Waals surface area contributed by atoms with Gasteiger partial charge in [-0.05, 0) is 12.8 Å². The van der Waals surface area contributed by atoms with Crippen molar-refractivity contribution in [3.8, 4) is 0 Å². The molecule has 0 aromatic carbocycles. The summed E-state index contributed by atoms with van der Waals surface area (Å²) >= 11 is 0. The van der Waals surface area contributed by atoms with Crippen LogP contribution in [0.1, 0.15) is 26.7 Å². The number of ether oxygens (including phenoxy) is 1. The monoisotopic (exact) mass is 173 g/mol. The standard InChI is InChI=1S/C8H15NO3/c1-7(10)9-5-3-4-6-12-8(2)11/h3-6H2,1-2H3,(H,9,10).